The zero-order chi connectivity index (χ0) is 20.5. The average Bonchev–Trinajstić information content (AvgIpc) is 2.97. The number of unbranched alkanes of at least 4 members (excludes halogenated alkanes) is 5. The van der Waals surface area contributed by atoms with Crippen LogP contribution >= 0.6 is 0 Å². The number of hydrogen-bond acceptors (Lipinski definition) is 9. The third-order valence-corrected chi connectivity index (χ3v) is 4.70. The monoisotopic (exact) mass is 399 g/mol. The molecule has 1 aromatic rings. The molecule has 0 amide bonds. The molecule has 28 heavy (non-hydrogen) atoms. The molecule has 2 rings (SSSR count). The van der Waals surface area contributed by atoms with E-state index in [9.17, 15) is 19.8 Å². The molecular weight excluding hydrogens is 370 g/mol. The predicted molar refractivity (Wildman–Crippen MR) is 98.8 cm³/mol. The Morgan fingerprint density at radius 1 is 1.25 bits per heavy atom. The molecule has 1 aliphatic heterocycles. The van der Waals surface area contributed by atoms with Gasteiger partial charge in [0, 0.05) is 12.6 Å². The number of aliphatic hydroxyl groups excluding tert-OH is 2. The van der Waals surface area contributed by atoms with E-state index in [2.05, 4.69) is 11.9 Å². The van der Waals surface area contributed by atoms with Crippen LogP contribution in [-0.4, -0.2) is 55.9 Å². The van der Waals surface area contributed by atoms with Gasteiger partial charge in [0.1, 0.15) is 24.9 Å². The molecule has 4 atom stereocenters. The van der Waals surface area contributed by atoms with Crippen LogP contribution in [-0.2, 0) is 14.3 Å². The second kappa shape index (κ2) is 11.1. The Kier molecular flexibility index (Phi) is 8.84. The van der Waals surface area contributed by atoms with Crippen LogP contribution < -0.4 is 11.2 Å². The van der Waals surface area contributed by atoms with Crippen molar-refractivity contribution in [2.45, 2.75) is 76.4 Å². The van der Waals surface area contributed by atoms with Crippen LogP contribution in [0, 0.1) is 0 Å². The Hall–Kier alpha value is -2.01. The highest BCUT2D eigenvalue weighted by Gasteiger charge is 2.44. The largest absolute Gasteiger partial charge is 0.463 e. The van der Waals surface area contributed by atoms with Crippen molar-refractivity contribution >= 4 is 11.8 Å². The molecule has 0 bridgehead atoms. The summed E-state index contributed by atoms with van der Waals surface area (Å²) in [5, 5.41) is 29.1. The van der Waals surface area contributed by atoms with Gasteiger partial charge in [-0.05, 0) is 12.5 Å². The van der Waals surface area contributed by atoms with Crippen molar-refractivity contribution in [1.29, 1.82) is 0 Å². The minimum Gasteiger partial charge on any atom is -0.463 e. The van der Waals surface area contributed by atoms with Crippen LogP contribution in [0.25, 0.3) is 0 Å². The fourth-order valence-electron chi connectivity index (χ4n) is 3.06. The standard InChI is InChI=1S/C18H29N3O7/c1-2-3-4-5-6-7-8-14(22)27-11-12-15(23)16(24)17(28-12)21-10-9-13(20-26)19-18(21)25/h9-10,12,15-17,23-24,26H,2-8,11H2,1H3,(H,19,20,25)/t12-,15?,16+,17-/m1/s1. The molecule has 1 aromatic heterocycles. The van der Waals surface area contributed by atoms with Crippen molar-refractivity contribution in [3.8, 4) is 0 Å². The molecule has 0 aliphatic carbocycles. The molecule has 1 aliphatic rings. The number of carbonyl (C=O) groups is 1. The van der Waals surface area contributed by atoms with Crippen molar-refractivity contribution in [2.24, 2.45) is 0 Å². The van der Waals surface area contributed by atoms with Crippen molar-refractivity contribution in [3.05, 3.63) is 22.7 Å². The van der Waals surface area contributed by atoms with Crippen molar-refractivity contribution in [1.82, 2.24) is 9.55 Å². The number of ether oxygens (including phenoxy) is 2. The summed E-state index contributed by atoms with van der Waals surface area (Å²) in [6.07, 6.45) is 3.03. The molecule has 10 nitrogen and oxygen atoms in total. The quantitative estimate of drug-likeness (QED) is 0.243. The van der Waals surface area contributed by atoms with Gasteiger partial charge in [0.05, 0.1) is 0 Å². The smallest absolute Gasteiger partial charge is 0.351 e. The molecule has 2 heterocycles. The number of hydrogen-bond donors (Lipinski definition) is 4. The second-order valence-electron chi connectivity index (χ2n) is 6.86. The summed E-state index contributed by atoms with van der Waals surface area (Å²) in [5.74, 6) is -0.448. The average molecular weight is 399 g/mol. The lowest BCUT2D eigenvalue weighted by Crippen LogP contribution is -2.36. The highest BCUT2D eigenvalue weighted by molar-refractivity contribution is 5.69. The molecule has 0 saturated carbocycles. The van der Waals surface area contributed by atoms with Gasteiger partial charge in [0.2, 0.25) is 0 Å². The van der Waals surface area contributed by atoms with Gasteiger partial charge in [-0.1, -0.05) is 39.0 Å². The second-order valence-corrected chi connectivity index (χ2v) is 6.86. The van der Waals surface area contributed by atoms with E-state index in [1.165, 1.54) is 25.1 Å². The molecule has 1 fully saturated rings. The summed E-state index contributed by atoms with van der Waals surface area (Å²) in [6.45, 7) is 1.93. The van der Waals surface area contributed by atoms with E-state index < -0.39 is 30.2 Å². The summed E-state index contributed by atoms with van der Waals surface area (Å²) in [5.41, 5.74) is 0.962. The fraction of sp³-hybridized carbons (Fsp3) is 0.722. The van der Waals surface area contributed by atoms with Crippen molar-refractivity contribution < 1.29 is 29.7 Å². The summed E-state index contributed by atoms with van der Waals surface area (Å²) in [6, 6.07) is 1.30. The van der Waals surface area contributed by atoms with Crippen LogP contribution in [0.3, 0.4) is 0 Å². The van der Waals surface area contributed by atoms with Gasteiger partial charge in [-0.2, -0.15) is 4.98 Å². The molecule has 0 radical (unpaired) electrons. The Morgan fingerprint density at radius 3 is 2.64 bits per heavy atom. The maximum Gasteiger partial charge on any atom is 0.351 e. The first kappa shape index (κ1) is 22.3. The number of aromatic nitrogens is 2. The summed E-state index contributed by atoms with van der Waals surface area (Å²) >= 11 is 0. The van der Waals surface area contributed by atoms with Crippen LogP contribution in [0.2, 0.25) is 0 Å². The number of rotatable bonds is 11. The van der Waals surface area contributed by atoms with Gasteiger partial charge in [0.15, 0.2) is 12.0 Å². The van der Waals surface area contributed by atoms with Gasteiger partial charge < -0.3 is 19.7 Å². The first-order valence-electron chi connectivity index (χ1n) is 9.64. The van der Waals surface area contributed by atoms with Crippen LogP contribution in [0.15, 0.2) is 17.1 Å². The number of anilines is 1. The van der Waals surface area contributed by atoms with Gasteiger partial charge in [0.25, 0.3) is 0 Å². The number of nitrogens with one attached hydrogen (secondary N) is 1. The fourth-order valence-corrected chi connectivity index (χ4v) is 3.06. The molecule has 4 N–H and O–H groups in total. The zero-order valence-electron chi connectivity index (χ0n) is 16.0. The number of carbonyl (C=O) groups excluding carboxylic acids is 1. The predicted octanol–water partition coefficient (Wildman–Crippen LogP) is 0.957. The first-order valence-corrected chi connectivity index (χ1v) is 9.64. The zero-order valence-corrected chi connectivity index (χ0v) is 16.0. The third-order valence-electron chi connectivity index (χ3n) is 4.70. The minimum absolute atomic E-state index is 0.0607. The molecule has 158 valence electrons. The highest BCUT2D eigenvalue weighted by atomic mass is 16.6. The number of aliphatic hydroxyl groups is 2. The van der Waals surface area contributed by atoms with E-state index in [0.29, 0.717) is 6.42 Å². The normalized spacial score (nSPS) is 24.3. The van der Waals surface area contributed by atoms with Gasteiger partial charge in [-0.25, -0.2) is 4.79 Å². The van der Waals surface area contributed by atoms with E-state index >= 15 is 0 Å². The Balaban J connectivity index is 1.81. The Labute approximate surface area is 163 Å². The number of esters is 1. The van der Waals surface area contributed by atoms with E-state index in [1.54, 1.807) is 5.48 Å². The molecule has 0 spiro atoms. The SMILES string of the molecule is CCCCCCCCC(=O)OC[C@H]1O[C@@H](n2ccc(NO)nc2=O)[C@@H](O)C1O. The lowest BCUT2D eigenvalue weighted by Gasteiger charge is -2.17. The van der Waals surface area contributed by atoms with E-state index in [1.807, 2.05) is 0 Å². The third kappa shape index (κ3) is 5.99. The van der Waals surface area contributed by atoms with Gasteiger partial charge in [-0.15, -0.1) is 0 Å². The molecule has 1 saturated heterocycles. The van der Waals surface area contributed by atoms with E-state index in [4.69, 9.17) is 14.7 Å². The Morgan fingerprint density at radius 2 is 1.96 bits per heavy atom. The molecule has 10 heteroatoms. The van der Waals surface area contributed by atoms with E-state index in [0.717, 1.165) is 30.3 Å². The molecular formula is C18H29N3O7. The summed E-state index contributed by atoms with van der Waals surface area (Å²) in [7, 11) is 0. The van der Waals surface area contributed by atoms with Crippen LogP contribution in [0.5, 0.6) is 0 Å². The minimum atomic E-state index is -1.39. The maximum atomic E-state index is 12.0. The summed E-state index contributed by atoms with van der Waals surface area (Å²) in [4.78, 5) is 27.3. The number of nitrogens with zero attached hydrogens (tertiary/aromatic N) is 2. The lowest BCUT2D eigenvalue weighted by molar-refractivity contribution is -0.150. The van der Waals surface area contributed by atoms with Crippen LogP contribution in [0.4, 0.5) is 5.82 Å². The summed E-state index contributed by atoms with van der Waals surface area (Å²) < 4.78 is 11.6. The maximum absolute atomic E-state index is 12.0. The lowest BCUT2D eigenvalue weighted by atomic mass is 10.1. The molecule has 0 aromatic carbocycles. The van der Waals surface area contributed by atoms with Crippen LogP contribution in [0.1, 0.15) is 58.1 Å². The van der Waals surface area contributed by atoms with Crippen molar-refractivity contribution in [3.63, 3.8) is 0 Å². The molecule has 1 unspecified atom stereocenters. The van der Waals surface area contributed by atoms with Gasteiger partial charge >= 0.3 is 11.7 Å². The van der Waals surface area contributed by atoms with Crippen molar-refractivity contribution in [2.75, 3.05) is 12.1 Å². The Bertz CT molecular complexity index is 681. The van der Waals surface area contributed by atoms with Gasteiger partial charge in [-0.3, -0.25) is 20.0 Å². The first-order chi connectivity index (χ1) is 13.5. The van der Waals surface area contributed by atoms with E-state index in [-0.39, 0.29) is 18.4 Å². The topological polar surface area (TPSA) is 143 Å². The highest BCUT2D eigenvalue weighted by Crippen LogP contribution is 2.28.